The fourth-order valence-corrected chi connectivity index (χ4v) is 3.07. The summed E-state index contributed by atoms with van der Waals surface area (Å²) in [5, 5.41) is 9.48. The Morgan fingerprint density at radius 2 is 1.58 bits per heavy atom. The van der Waals surface area contributed by atoms with E-state index in [-0.39, 0.29) is 12.6 Å². The Hall–Kier alpha value is -0.930. The maximum atomic E-state index is 9.48. The zero-order valence-electron chi connectivity index (χ0n) is 15.9. The Labute approximate surface area is 149 Å². The van der Waals surface area contributed by atoms with E-state index in [0.29, 0.717) is 0 Å². The molecule has 0 fully saturated rings. The number of rotatable bonds is 15. The van der Waals surface area contributed by atoms with Crippen LogP contribution in [0.1, 0.15) is 83.7 Å². The first-order valence-corrected chi connectivity index (χ1v) is 10.0. The summed E-state index contributed by atoms with van der Waals surface area (Å²) in [6.07, 6.45) is 15.5. The van der Waals surface area contributed by atoms with Crippen molar-refractivity contribution in [1.29, 1.82) is 0 Å². The van der Waals surface area contributed by atoms with Crippen LogP contribution >= 0.6 is 0 Å². The Bertz CT molecular complexity index is 383. The highest BCUT2D eigenvalue weighted by Crippen LogP contribution is 2.12. The largest absolute Gasteiger partial charge is 0.395 e. The molecule has 0 unspecified atom stereocenters. The number of nitrogens with zero attached hydrogens (tertiary/aromatic N) is 2. The molecule has 0 radical (unpaired) electrons. The van der Waals surface area contributed by atoms with E-state index in [9.17, 15) is 5.11 Å². The molecular weight excluding hydrogens is 296 g/mol. The lowest BCUT2D eigenvalue weighted by molar-refractivity contribution is 0.124. The highest BCUT2D eigenvalue weighted by Gasteiger charge is 2.13. The topological polar surface area (TPSA) is 36.4 Å². The number of aromatic nitrogens is 1. The second kappa shape index (κ2) is 14.4. The predicted molar refractivity (Wildman–Crippen MR) is 103 cm³/mol. The molecule has 0 saturated heterocycles. The van der Waals surface area contributed by atoms with Crippen LogP contribution in [-0.2, 0) is 6.54 Å². The highest BCUT2D eigenvalue weighted by atomic mass is 16.3. The molecule has 0 aliphatic rings. The van der Waals surface area contributed by atoms with Gasteiger partial charge in [-0.3, -0.25) is 9.88 Å². The molecule has 0 aliphatic heterocycles. The second-order valence-corrected chi connectivity index (χ2v) is 7.01. The summed E-state index contributed by atoms with van der Waals surface area (Å²) in [4.78, 5) is 6.77. The number of pyridine rings is 1. The fourth-order valence-electron chi connectivity index (χ4n) is 3.07. The van der Waals surface area contributed by atoms with Crippen LogP contribution in [0.4, 0.5) is 0 Å². The van der Waals surface area contributed by atoms with Gasteiger partial charge in [-0.25, -0.2) is 0 Å². The minimum absolute atomic E-state index is 0.200. The first-order valence-electron chi connectivity index (χ1n) is 10.0. The molecule has 3 nitrogen and oxygen atoms in total. The average molecular weight is 335 g/mol. The summed E-state index contributed by atoms with van der Waals surface area (Å²) in [5.41, 5.74) is 1.09. The van der Waals surface area contributed by atoms with Gasteiger partial charge in [0.1, 0.15) is 0 Å². The fraction of sp³-hybridized carbons (Fsp3) is 0.762. The Balaban J connectivity index is 2.12. The van der Waals surface area contributed by atoms with E-state index in [1.165, 1.54) is 64.2 Å². The summed E-state index contributed by atoms with van der Waals surface area (Å²) in [6.45, 7) is 6.47. The smallest absolute Gasteiger partial charge is 0.0584 e. The quantitative estimate of drug-likeness (QED) is 0.449. The predicted octanol–water partition coefficient (Wildman–Crippen LogP) is 5.19. The molecule has 1 heterocycles. The molecule has 0 aromatic carbocycles. The van der Waals surface area contributed by atoms with Crippen LogP contribution in [0.25, 0.3) is 0 Å². The minimum atomic E-state index is 0.200. The Morgan fingerprint density at radius 3 is 2.12 bits per heavy atom. The van der Waals surface area contributed by atoms with Crippen LogP contribution in [0.15, 0.2) is 24.4 Å². The van der Waals surface area contributed by atoms with Gasteiger partial charge in [0, 0.05) is 18.8 Å². The number of aliphatic hydroxyl groups is 1. The van der Waals surface area contributed by atoms with Crippen molar-refractivity contribution in [2.45, 2.75) is 90.6 Å². The zero-order valence-corrected chi connectivity index (χ0v) is 15.9. The summed E-state index contributed by atoms with van der Waals surface area (Å²) >= 11 is 0. The van der Waals surface area contributed by atoms with E-state index in [1.807, 2.05) is 18.3 Å². The number of unbranched alkanes of at least 4 members (excludes halogenated alkanes) is 9. The monoisotopic (exact) mass is 334 g/mol. The van der Waals surface area contributed by atoms with Gasteiger partial charge in [-0.2, -0.15) is 0 Å². The first-order chi connectivity index (χ1) is 11.8. The van der Waals surface area contributed by atoms with Crippen LogP contribution in [0.5, 0.6) is 0 Å². The lowest BCUT2D eigenvalue weighted by Gasteiger charge is -2.27. The average Bonchev–Trinajstić information content (AvgIpc) is 2.62. The van der Waals surface area contributed by atoms with E-state index in [4.69, 9.17) is 0 Å². The lowest BCUT2D eigenvalue weighted by Crippen LogP contribution is -2.36. The molecule has 24 heavy (non-hydrogen) atoms. The molecule has 1 aromatic heterocycles. The lowest BCUT2D eigenvalue weighted by atomic mass is 10.1. The van der Waals surface area contributed by atoms with E-state index < -0.39 is 0 Å². The van der Waals surface area contributed by atoms with E-state index in [0.717, 1.165) is 18.8 Å². The highest BCUT2D eigenvalue weighted by molar-refractivity contribution is 5.03. The molecule has 1 atom stereocenters. The molecule has 0 aliphatic carbocycles. The van der Waals surface area contributed by atoms with E-state index >= 15 is 0 Å². The number of hydrogen-bond donors (Lipinski definition) is 1. The summed E-state index contributed by atoms with van der Waals surface area (Å²) < 4.78 is 0. The van der Waals surface area contributed by atoms with Crippen LogP contribution in [0.2, 0.25) is 0 Å². The maximum absolute atomic E-state index is 9.48. The summed E-state index contributed by atoms with van der Waals surface area (Å²) in [5.74, 6) is 0. The third-order valence-corrected chi connectivity index (χ3v) is 4.78. The number of hydrogen-bond acceptors (Lipinski definition) is 3. The minimum Gasteiger partial charge on any atom is -0.395 e. The zero-order chi connectivity index (χ0) is 17.5. The van der Waals surface area contributed by atoms with Gasteiger partial charge in [-0.1, -0.05) is 70.8 Å². The van der Waals surface area contributed by atoms with Gasteiger partial charge in [0.15, 0.2) is 0 Å². The van der Waals surface area contributed by atoms with Crippen molar-refractivity contribution in [3.05, 3.63) is 30.1 Å². The van der Waals surface area contributed by atoms with Gasteiger partial charge in [0.25, 0.3) is 0 Å². The molecule has 1 rings (SSSR count). The Morgan fingerprint density at radius 1 is 0.958 bits per heavy atom. The van der Waals surface area contributed by atoms with Crippen molar-refractivity contribution in [1.82, 2.24) is 9.88 Å². The SMILES string of the molecule is CCCCCCCCCCCCN(Cc1ccccn1)[C@@H](C)CO. The van der Waals surface area contributed by atoms with Gasteiger partial charge in [0.05, 0.1) is 12.3 Å². The van der Waals surface area contributed by atoms with Gasteiger partial charge in [0.2, 0.25) is 0 Å². The van der Waals surface area contributed by atoms with Crippen LogP contribution in [0, 0.1) is 0 Å². The normalized spacial score (nSPS) is 12.7. The van der Waals surface area contributed by atoms with Crippen LogP contribution < -0.4 is 0 Å². The van der Waals surface area contributed by atoms with Gasteiger partial charge in [-0.05, 0) is 32.0 Å². The maximum Gasteiger partial charge on any atom is 0.0584 e. The molecule has 0 bridgehead atoms. The first kappa shape index (κ1) is 21.1. The van der Waals surface area contributed by atoms with Crippen molar-refractivity contribution < 1.29 is 5.11 Å². The molecule has 1 aromatic rings. The van der Waals surface area contributed by atoms with E-state index in [2.05, 4.69) is 29.8 Å². The van der Waals surface area contributed by atoms with Crippen LogP contribution in [0.3, 0.4) is 0 Å². The standard InChI is InChI=1S/C21H38N2O/c1-3-4-5-6-7-8-9-10-11-14-17-23(20(2)19-24)18-21-15-12-13-16-22-21/h12-13,15-16,20,24H,3-11,14,17-19H2,1-2H3/t20-/m0/s1. The van der Waals surface area contributed by atoms with Crippen molar-refractivity contribution >= 4 is 0 Å². The van der Waals surface area contributed by atoms with Crippen molar-refractivity contribution in [3.63, 3.8) is 0 Å². The molecule has 1 N–H and O–H groups in total. The summed E-state index contributed by atoms with van der Waals surface area (Å²) in [6, 6.07) is 6.25. The van der Waals surface area contributed by atoms with E-state index in [1.54, 1.807) is 0 Å². The third kappa shape index (κ3) is 10.0. The molecule has 0 saturated carbocycles. The molecule has 0 amide bonds. The molecule has 0 spiro atoms. The third-order valence-electron chi connectivity index (χ3n) is 4.78. The molecule has 138 valence electrons. The van der Waals surface area contributed by atoms with Crippen LogP contribution in [-0.4, -0.2) is 34.2 Å². The van der Waals surface area contributed by atoms with Gasteiger partial charge in [-0.15, -0.1) is 0 Å². The van der Waals surface area contributed by atoms with Gasteiger partial charge < -0.3 is 5.11 Å². The van der Waals surface area contributed by atoms with Crippen molar-refractivity contribution in [2.24, 2.45) is 0 Å². The van der Waals surface area contributed by atoms with Crippen molar-refractivity contribution in [2.75, 3.05) is 13.2 Å². The molecule has 3 heteroatoms. The Kier molecular flexibility index (Phi) is 12.7. The van der Waals surface area contributed by atoms with Gasteiger partial charge >= 0.3 is 0 Å². The summed E-state index contributed by atoms with van der Waals surface area (Å²) in [7, 11) is 0. The molecular formula is C21H38N2O. The van der Waals surface area contributed by atoms with Crippen molar-refractivity contribution in [3.8, 4) is 0 Å². The number of aliphatic hydroxyl groups excluding tert-OH is 1. The second-order valence-electron chi connectivity index (χ2n) is 7.01.